The van der Waals surface area contributed by atoms with Gasteiger partial charge in [0.1, 0.15) is 17.7 Å². The van der Waals surface area contributed by atoms with Crippen LogP contribution in [-0.4, -0.2) is 17.6 Å². The SMILES string of the molecule is CC(C)CNC(C(=O)O)c1ccc(F)cc1F. The second-order valence-corrected chi connectivity index (χ2v) is 4.24. The summed E-state index contributed by atoms with van der Waals surface area (Å²) < 4.78 is 26.2. The van der Waals surface area contributed by atoms with Gasteiger partial charge in [-0.2, -0.15) is 0 Å². The van der Waals surface area contributed by atoms with Gasteiger partial charge in [-0.25, -0.2) is 8.78 Å². The van der Waals surface area contributed by atoms with E-state index in [2.05, 4.69) is 5.32 Å². The molecule has 1 aromatic carbocycles. The summed E-state index contributed by atoms with van der Waals surface area (Å²) in [6, 6.07) is 1.72. The van der Waals surface area contributed by atoms with Crippen LogP contribution in [-0.2, 0) is 4.79 Å². The smallest absolute Gasteiger partial charge is 0.325 e. The van der Waals surface area contributed by atoms with Crippen LogP contribution >= 0.6 is 0 Å². The van der Waals surface area contributed by atoms with E-state index in [1.54, 1.807) is 0 Å². The van der Waals surface area contributed by atoms with E-state index in [0.717, 1.165) is 12.1 Å². The molecule has 0 aromatic heterocycles. The van der Waals surface area contributed by atoms with Crippen molar-refractivity contribution in [2.45, 2.75) is 19.9 Å². The zero-order valence-electron chi connectivity index (χ0n) is 9.71. The van der Waals surface area contributed by atoms with Gasteiger partial charge in [-0.1, -0.05) is 19.9 Å². The van der Waals surface area contributed by atoms with E-state index in [1.807, 2.05) is 13.8 Å². The van der Waals surface area contributed by atoms with Crippen LogP contribution in [0.5, 0.6) is 0 Å². The van der Waals surface area contributed by atoms with Crippen molar-refractivity contribution >= 4 is 5.97 Å². The molecule has 17 heavy (non-hydrogen) atoms. The van der Waals surface area contributed by atoms with E-state index < -0.39 is 23.6 Å². The Morgan fingerprint density at radius 3 is 2.53 bits per heavy atom. The molecule has 0 spiro atoms. The zero-order chi connectivity index (χ0) is 13.0. The van der Waals surface area contributed by atoms with Crippen LogP contribution in [0.25, 0.3) is 0 Å². The lowest BCUT2D eigenvalue weighted by molar-refractivity contribution is -0.139. The summed E-state index contributed by atoms with van der Waals surface area (Å²) in [5, 5.41) is 11.7. The van der Waals surface area contributed by atoms with E-state index in [0.29, 0.717) is 12.6 Å². The highest BCUT2D eigenvalue weighted by atomic mass is 19.1. The van der Waals surface area contributed by atoms with E-state index in [1.165, 1.54) is 0 Å². The van der Waals surface area contributed by atoms with Crippen molar-refractivity contribution in [3.8, 4) is 0 Å². The molecule has 0 saturated carbocycles. The Kier molecular flexibility index (Phi) is 4.57. The molecule has 1 aromatic rings. The summed E-state index contributed by atoms with van der Waals surface area (Å²) in [7, 11) is 0. The van der Waals surface area contributed by atoms with E-state index in [-0.39, 0.29) is 11.5 Å². The second-order valence-electron chi connectivity index (χ2n) is 4.24. The van der Waals surface area contributed by atoms with Crippen molar-refractivity contribution in [1.29, 1.82) is 0 Å². The average Bonchev–Trinajstić information content (AvgIpc) is 2.20. The van der Waals surface area contributed by atoms with Crippen LogP contribution in [0.1, 0.15) is 25.5 Å². The minimum Gasteiger partial charge on any atom is -0.480 e. The number of rotatable bonds is 5. The number of hydrogen-bond acceptors (Lipinski definition) is 2. The fourth-order valence-electron chi connectivity index (χ4n) is 1.42. The van der Waals surface area contributed by atoms with E-state index in [9.17, 15) is 13.6 Å². The Labute approximate surface area is 98.5 Å². The fourth-order valence-corrected chi connectivity index (χ4v) is 1.42. The number of nitrogens with one attached hydrogen (secondary N) is 1. The van der Waals surface area contributed by atoms with Crippen molar-refractivity contribution in [2.75, 3.05) is 6.54 Å². The zero-order valence-corrected chi connectivity index (χ0v) is 9.71. The van der Waals surface area contributed by atoms with Crippen LogP contribution in [0, 0.1) is 17.6 Å². The maximum absolute atomic E-state index is 13.4. The van der Waals surface area contributed by atoms with Gasteiger partial charge in [-0.15, -0.1) is 0 Å². The maximum atomic E-state index is 13.4. The van der Waals surface area contributed by atoms with Gasteiger partial charge in [-0.3, -0.25) is 4.79 Å². The number of aliphatic carboxylic acids is 1. The molecule has 0 aliphatic carbocycles. The fraction of sp³-hybridized carbons (Fsp3) is 0.417. The molecule has 0 bridgehead atoms. The van der Waals surface area contributed by atoms with Crippen LogP contribution in [0.15, 0.2) is 18.2 Å². The van der Waals surface area contributed by atoms with Gasteiger partial charge >= 0.3 is 5.97 Å². The molecule has 0 aliphatic heterocycles. The molecule has 0 aliphatic rings. The Morgan fingerprint density at radius 1 is 1.41 bits per heavy atom. The van der Waals surface area contributed by atoms with Crippen LogP contribution in [0.4, 0.5) is 8.78 Å². The average molecular weight is 243 g/mol. The van der Waals surface area contributed by atoms with Crippen LogP contribution in [0.2, 0.25) is 0 Å². The number of carboxylic acid groups (broad SMARTS) is 1. The molecule has 94 valence electrons. The topological polar surface area (TPSA) is 49.3 Å². The summed E-state index contributed by atoms with van der Waals surface area (Å²) in [6.45, 7) is 4.26. The molecule has 0 saturated heterocycles. The molecular formula is C12H15F2NO2. The minimum absolute atomic E-state index is 0.0560. The number of carboxylic acids is 1. The second kappa shape index (κ2) is 5.72. The molecular weight excluding hydrogens is 228 g/mol. The lowest BCUT2D eigenvalue weighted by Gasteiger charge is -2.17. The first-order valence-electron chi connectivity index (χ1n) is 5.33. The van der Waals surface area contributed by atoms with Crippen LogP contribution < -0.4 is 5.32 Å². The lowest BCUT2D eigenvalue weighted by atomic mass is 10.1. The third-order valence-electron chi connectivity index (χ3n) is 2.25. The quantitative estimate of drug-likeness (QED) is 0.834. The predicted molar refractivity (Wildman–Crippen MR) is 59.6 cm³/mol. The van der Waals surface area contributed by atoms with Gasteiger partial charge in [-0.05, 0) is 18.5 Å². The van der Waals surface area contributed by atoms with Crippen molar-refractivity contribution in [1.82, 2.24) is 5.32 Å². The first-order valence-corrected chi connectivity index (χ1v) is 5.33. The molecule has 0 heterocycles. The molecule has 0 fully saturated rings. The summed E-state index contributed by atoms with van der Waals surface area (Å²) in [5.41, 5.74) is -0.0560. The molecule has 3 nitrogen and oxygen atoms in total. The first kappa shape index (κ1) is 13.6. The largest absolute Gasteiger partial charge is 0.480 e. The summed E-state index contributed by atoms with van der Waals surface area (Å²) in [4.78, 5) is 11.0. The third-order valence-corrected chi connectivity index (χ3v) is 2.25. The Balaban J connectivity index is 2.93. The Morgan fingerprint density at radius 2 is 2.06 bits per heavy atom. The molecule has 0 radical (unpaired) electrons. The highest BCUT2D eigenvalue weighted by Gasteiger charge is 2.22. The van der Waals surface area contributed by atoms with E-state index in [4.69, 9.17) is 5.11 Å². The Hall–Kier alpha value is -1.49. The van der Waals surface area contributed by atoms with Gasteiger partial charge in [0.15, 0.2) is 0 Å². The lowest BCUT2D eigenvalue weighted by Crippen LogP contribution is -2.32. The maximum Gasteiger partial charge on any atom is 0.325 e. The first-order chi connectivity index (χ1) is 7.91. The molecule has 2 N–H and O–H groups in total. The van der Waals surface area contributed by atoms with Gasteiger partial charge in [0.2, 0.25) is 0 Å². The summed E-state index contributed by atoms with van der Waals surface area (Å²) in [6.07, 6.45) is 0. The monoisotopic (exact) mass is 243 g/mol. The van der Waals surface area contributed by atoms with Crippen molar-refractivity contribution in [3.63, 3.8) is 0 Å². The number of benzene rings is 1. The van der Waals surface area contributed by atoms with Crippen molar-refractivity contribution in [3.05, 3.63) is 35.4 Å². The summed E-state index contributed by atoms with van der Waals surface area (Å²) in [5.74, 6) is -2.52. The van der Waals surface area contributed by atoms with Gasteiger partial charge in [0.05, 0.1) is 0 Å². The Bertz CT molecular complexity index is 407. The number of hydrogen-bond donors (Lipinski definition) is 2. The number of halogens is 2. The summed E-state index contributed by atoms with van der Waals surface area (Å²) >= 11 is 0. The highest BCUT2D eigenvalue weighted by Crippen LogP contribution is 2.18. The van der Waals surface area contributed by atoms with Gasteiger partial charge in [0, 0.05) is 11.6 Å². The van der Waals surface area contributed by atoms with Crippen molar-refractivity contribution in [2.24, 2.45) is 5.92 Å². The molecule has 5 heteroatoms. The molecule has 1 unspecified atom stereocenters. The van der Waals surface area contributed by atoms with E-state index >= 15 is 0 Å². The normalized spacial score (nSPS) is 12.8. The molecule has 1 rings (SSSR count). The minimum atomic E-state index is -1.18. The molecule has 1 atom stereocenters. The van der Waals surface area contributed by atoms with Gasteiger partial charge in [0.25, 0.3) is 0 Å². The van der Waals surface area contributed by atoms with Crippen molar-refractivity contribution < 1.29 is 18.7 Å². The van der Waals surface area contributed by atoms with Crippen LogP contribution in [0.3, 0.4) is 0 Å². The van der Waals surface area contributed by atoms with Gasteiger partial charge < -0.3 is 10.4 Å². The third kappa shape index (κ3) is 3.78. The number of carbonyl (C=O) groups is 1. The predicted octanol–water partition coefficient (Wildman–Crippen LogP) is 2.34. The highest BCUT2D eigenvalue weighted by molar-refractivity contribution is 5.75. The molecule has 0 amide bonds. The standard InChI is InChI=1S/C12H15F2NO2/c1-7(2)6-15-11(12(16)17)9-4-3-8(13)5-10(9)14/h3-5,7,11,15H,6H2,1-2H3,(H,16,17).